The Labute approximate surface area is 147 Å². The number of benzene rings is 2. The molecule has 1 aliphatic heterocycles. The number of fused-ring (bicyclic) bond motifs is 3. The summed E-state index contributed by atoms with van der Waals surface area (Å²) in [5.41, 5.74) is 2.89. The van der Waals surface area contributed by atoms with Gasteiger partial charge in [-0.05, 0) is 30.0 Å². The van der Waals surface area contributed by atoms with Crippen molar-refractivity contribution in [3.05, 3.63) is 74.3 Å². The second kappa shape index (κ2) is 5.63. The molecule has 0 unspecified atom stereocenters. The van der Waals surface area contributed by atoms with Crippen LogP contribution in [0.15, 0.2) is 53.0 Å². The summed E-state index contributed by atoms with van der Waals surface area (Å²) < 4.78 is 0.978. The van der Waals surface area contributed by atoms with Crippen molar-refractivity contribution >= 4 is 27.3 Å². The Balaban J connectivity index is 1.78. The van der Waals surface area contributed by atoms with Crippen LogP contribution in [0, 0.1) is 16.0 Å². The zero-order chi connectivity index (χ0) is 16.8. The summed E-state index contributed by atoms with van der Waals surface area (Å²) in [5, 5.41) is 24.6. The van der Waals surface area contributed by atoms with Crippen LogP contribution in [0.2, 0.25) is 0 Å². The van der Waals surface area contributed by atoms with Crippen molar-refractivity contribution in [3.8, 4) is 5.75 Å². The topological polar surface area (TPSA) is 75.4 Å². The van der Waals surface area contributed by atoms with Crippen LogP contribution in [-0.4, -0.2) is 10.0 Å². The molecule has 5 nitrogen and oxygen atoms in total. The Morgan fingerprint density at radius 3 is 2.67 bits per heavy atom. The normalized spacial score (nSPS) is 24.1. The van der Waals surface area contributed by atoms with Crippen LogP contribution in [0.4, 0.5) is 11.4 Å². The van der Waals surface area contributed by atoms with Crippen LogP contribution in [0.5, 0.6) is 5.75 Å². The molecule has 0 bridgehead atoms. The molecular weight excluding hydrogens is 372 g/mol. The van der Waals surface area contributed by atoms with Gasteiger partial charge in [0.2, 0.25) is 0 Å². The molecule has 0 fully saturated rings. The van der Waals surface area contributed by atoms with Gasteiger partial charge in [-0.2, -0.15) is 0 Å². The molecule has 6 heteroatoms. The maximum Gasteiger partial charge on any atom is 0.269 e. The van der Waals surface area contributed by atoms with Crippen LogP contribution >= 0.6 is 15.9 Å². The summed E-state index contributed by atoms with van der Waals surface area (Å²) >= 11 is 3.59. The molecule has 2 N–H and O–H groups in total. The lowest BCUT2D eigenvalue weighted by atomic mass is 9.77. The first-order chi connectivity index (χ1) is 11.6. The molecule has 2 aromatic rings. The molecule has 1 heterocycles. The highest BCUT2D eigenvalue weighted by Gasteiger charge is 2.40. The molecule has 1 aliphatic carbocycles. The molecule has 24 heavy (non-hydrogen) atoms. The van der Waals surface area contributed by atoms with Crippen LogP contribution in [0.3, 0.4) is 0 Å². The summed E-state index contributed by atoms with van der Waals surface area (Å²) in [6.07, 6.45) is 5.29. The lowest BCUT2D eigenvalue weighted by molar-refractivity contribution is -0.384. The number of nitro groups is 1. The van der Waals surface area contributed by atoms with E-state index >= 15 is 0 Å². The first-order valence-corrected chi connectivity index (χ1v) is 8.54. The number of hydrogen-bond donors (Lipinski definition) is 2. The van der Waals surface area contributed by atoms with Gasteiger partial charge < -0.3 is 10.4 Å². The van der Waals surface area contributed by atoms with Crippen molar-refractivity contribution < 1.29 is 10.0 Å². The number of nitro benzene ring substituents is 1. The van der Waals surface area contributed by atoms with E-state index in [1.54, 1.807) is 18.2 Å². The maximum absolute atomic E-state index is 10.9. The largest absolute Gasteiger partial charge is 0.506 e. The molecule has 0 amide bonds. The van der Waals surface area contributed by atoms with E-state index in [1.807, 2.05) is 6.07 Å². The van der Waals surface area contributed by atoms with Crippen LogP contribution in [0.1, 0.15) is 29.5 Å². The molecule has 122 valence electrons. The number of phenols is 1. The van der Waals surface area contributed by atoms with Crippen LogP contribution in [-0.2, 0) is 0 Å². The standard InChI is InChI=1S/C18H15BrN2O3/c19-14-8-9-15(22)18-16(14)12-2-1-3-13(12)17(20-18)10-4-6-11(7-5-10)21(23)24/h1-2,4-9,12-13,17,20,22H,3H2/t12-,13-,17+/m1/s1. The quantitative estimate of drug-likeness (QED) is 0.333. The van der Waals surface area contributed by atoms with E-state index in [1.165, 1.54) is 12.1 Å². The predicted molar refractivity (Wildman–Crippen MR) is 95.3 cm³/mol. The Hall–Kier alpha value is -2.34. The van der Waals surface area contributed by atoms with Gasteiger partial charge in [0.05, 0.1) is 16.7 Å². The third-order valence-electron chi connectivity index (χ3n) is 4.91. The minimum absolute atomic E-state index is 0.00139. The third kappa shape index (κ3) is 2.29. The smallest absolute Gasteiger partial charge is 0.269 e. The van der Waals surface area contributed by atoms with Gasteiger partial charge in [-0.3, -0.25) is 10.1 Å². The highest BCUT2D eigenvalue weighted by molar-refractivity contribution is 9.10. The number of aromatic hydroxyl groups is 1. The van der Waals surface area contributed by atoms with E-state index < -0.39 is 4.92 Å². The van der Waals surface area contributed by atoms with Gasteiger partial charge in [0, 0.05) is 28.1 Å². The van der Waals surface area contributed by atoms with E-state index in [0.717, 1.165) is 27.7 Å². The third-order valence-corrected chi connectivity index (χ3v) is 5.60. The monoisotopic (exact) mass is 386 g/mol. The first-order valence-electron chi connectivity index (χ1n) is 7.75. The molecular formula is C18H15BrN2O3. The number of allylic oxidation sites excluding steroid dienone is 2. The van der Waals surface area contributed by atoms with Crippen LogP contribution in [0.25, 0.3) is 0 Å². The van der Waals surface area contributed by atoms with E-state index in [2.05, 4.69) is 33.4 Å². The number of phenolic OH excluding ortho intramolecular Hbond substituents is 1. The number of halogens is 1. The Bertz CT molecular complexity index is 848. The van der Waals surface area contributed by atoms with Crippen molar-refractivity contribution in [2.24, 2.45) is 5.92 Å². The molecule has 3 atom stereocenters. The Kier molecular flexibility index (Phi) is 3.57. The van der Waals surface area contributed by atoms with Gasteiger partial charge >= 0.3 is 0 Å². The highest BCUT2D eigenvalue weighted by Crippen LogP contribution is 2.54. The molecule has 2 aromatic carbocycles. The Morgan fingerprint density at radius 2 is 1.96 bits per heavy atom. The molecule has 0 saturated heterocycles. The number of rotatable bonds is 2. The number of hydrogen-bond acceptors (Lipinski definition) is 4. The molecule has 0 saturated carbocycles. The fraction of sp³-hybridized carbons (Fsp3) is 0.222. The number of non-ortho nitro benzene ring substituents is 1. The lowest BCUT2D eigenvalue weighted by Gasteiger charge is -2.38. The number of nitrogens with one attached hydrogen (secondary N) is 1. The molecule has 2 aliphatic rings. The molecule has 0 aromatic heterocycles. The van der Waals surface area contributed by atoms with Gasteiger partial charge in [-0.1, -0.05) is 40.2 Å². The molecule has 0 radical (unpaired) electrons. The van der Waals surface area contributed by atoms with Crippen molar-refractivity contribution in [2.45, 2.75) is 18.4 Å². The van der Waals surface area contributed by atoms with Crippen molar-refractivity contribution in [1.29, 1.82) is 0 Å². The second-order valence-electron chi connectivity index (χ2n) is 6.18. The second-order valence-corrected chi connectivity index (χ2v) is 7.03. The highest BCUT2D eigenvalue weighted by atomic mass is 79.9. The minimum Gasteiger partial charge on any atom is -0.506 e. The summed E-state index contributed by atoms with van der Waals surface area (Å²) in [4.78, 5) is 10.5. The van der Waals surface area contributed by atoms with Gasteiger partial charge in [-0.25, -0.2) is 0 Å². The lowest BCUT2D eigenvalue weighted by Crippen LogP contribution is -2.29. The summed E-state index contributed by atoms with van der Waals surface area (Å²) in [7, 11) is 0. The first kappa shape index (κ1) is 15.2. The van der Waals surface area contributed by atoms with E-state index in [-0.39, 0.29) is 23.4 Å². The summed E-state index contributed by atoms with van der Waals surface area (Å²) in [5.74, 6) is 0.749. The zero-order valence-electron chi connectivity index (χ0n) is 12.6. The average molecular weight is 387 g/mol. The molecule has 0 spiro atoms. The van der Waals surface area contributed by atoms with E-state index in [4.69, 9.17) is 0 Å². The minimum atomic E-state index is -0.393. The number of anilines is 1. The summed E-state index contributed by atoms with van der Waals surface area (Å²) in [6, 6.07) is 10.2. The van der Waals surface area contributed by atoms with Crippen molar-refractivity contribution in [2.75, 3.05) is 5.32 Å². The predicted octanol–water partition coefficient (Wildman–Crippen LogP) is 4.89. The van der Waals surface area contributed by atoms with E-state index in [0.29, 0.717) is 5.92 Å². The van der Waals surface area contributed by atoms with Gasteiger partial charge in [-0.15, -0.1) is 0 Å². The number of nitrogens with zero attached hydrogens (tertiary/aromatic N) is 1. The van der Waals surface area contributed by atoms with Gasteiger partial charge in [0.1, 0.15) is 5.75 Å². The van der Waals surface area contributed by atoms with Crippen molar-refractivity contribution in [3.63, 3.8) is 0 Å². The van der Waals surface area contributed by atoms with Gasteiger partial charge in [0.15, 0.2) is 0 Å². The molecule has 4 rings (SSSR count). The fourth-order valence-corrected chi connectivity index (χ4v) is 4.38. The summed E-state index contributed by atoms with van der Waals surface area (Å²) in [6.45, 7) is 0. The zero-order valence-corrected chi connectivity index (χ0v) is 14.2. The maximum atomic E-state index is 10.9. The van der Waals surface area contributed by atoms with Crippen LogP contribution < -0.4 is 5.32 Å². The SMILES string of the molecule is O=[N+]([O-])c1ccc([C@@H]2Nc3c(O)ccc(Br)c3[C@@H]3C=CC[C@H]32)cc1. The van der Waals surface area contributed by atoms with Crippen molar-refractivity contribution in [1.82, 2.24) is 0 Å². The van der Waals surface area contributed by atoms with Gasteiger partial charge in [0.25, 0.3) is 5.69 Å². The van der Waals surface area contributed by atoms with E-state index in [9.17, 15) is 15.2 Å². The Morgan fingerprint density at radius 1 is 1.21 bits per heavy atom. The fourth-order valence-electron chi connectivity index (χ4n) is 3.78. The average Bonchev–Trinajstić information content (AvgIpc) is 3.07.